The van der Waals surface area contributed by atoms with E-state index >= 15 is 0 Å². The summed E-state index contributed by atoms with van der Waals surface area (Å²) < 4.78 is 0. The average Bonchev–Trinajstić information content (AvgIpc) is 2.51. The molecule has 2 heterocycles. The third-order valence-corrected chi connectivity index (χ3v) is 3.65. The van der Waals surface area contributed by atoms with Crippen LogP contribution in [0, 0.1) is 20.8 Å². The molecule has 16 heavy (non-hydrogen) atoms. The zero-order chi connectivity index (χ0) is 11.7. The van der Waals surface area contributed by atoms with E-state index in [4.69, 9.17) is 5.11 Å². The molecule has 4 nitrogen and oxygen atoms in total. The lowest BCUT2D eigenvalue weighted by atomic mass is 10.2. The molecule has 0 spiro atoms. The van der Waals surface area contributed by atoms with Crippen molar-refractivity contribution >= 4 is 27.4 Å². The second-order valence-corrected chi connectivity index (χ2v) is 4.94. The van der Waals surface area contributed by atoms with E-state index in [1.54, 1.807) is 11.3 Å². The Labute approximate surface area is 98.4 Å². The molecule has 2 N–H and O–H groups in total. The Morgan fingerprint density at radius 3 is 2.69 bits per heavy atom. The molecular weight excluding hydrogens is 222 g/mol. The van der Waals surface area contributed by atoms with Crippen LogP contribution in [-0.2, 0) is 0 Å². The van der Waals surface area contributed by atoms with Crippen LogP contribution >= 0.6 is 11.3 Å². The molecule has 0 amide bonds. The number of nitrogens with zero attached hydrogens (tertiary/aromatic N) is 2. The zero-order valence-corrected chi connectivity index (χ0v) is 10.5. The highest BCUT2D eigenvalue weighted by atomic mass is 32.1. The van der Waals surface area contributed by atoms with Crippen molar-refractivity contribution in [2.24, 2.45) is 0 Å². The molecular formula is C11H15N3OS. The van der Waals surface area contributed by atoms with Gasteiger partial charge < -0.3 is 10.4 Å². The topological polar surface area (TPSA) is 58.0 Å². The third-order valence-electron chi connectivity index (χ3n) is 2.54. The molecule has 0 radical (unpaired) electrons. The van der Waals surface area contributed by atoms with Crippen LogP contribution in [0.1, 0.15) is 16.3 Å². The molecule has 0 aliphatic rings. The standard InChI is InChI=1S/C11H15N3OS/c1-6-7(2)16-11-9(6)10(12-4-5-15)13-8(3)14-11/h15H,4-5H2,1-3H3,(H,12,13,14). The first-order valence-electron chi connectivity index (χ1n) is 5.22. The number of aromatic nitrogens is 2. The van der Waals surface area contributed by atoms with Crippen molar-refractivity contribution in [1.29, 1.82) is 0 Å². The molecule has 5 heteroatoms. The van der Waals surface area contributed by atoms with E-state index < -0.39 is 0 Å². The van der Waals surface area contributed by atoms with Crippen LogP contribution in [0.25, 0.3) is 10.2 Å². The molecule has 2 aromatic rings. The fourth-order valence-electron chi connectivity index (χ4n) is 1.66. The van der Waals surface area contributed by atoms with Gasteiger partial charge in [-0.05, 0) is 26.3 Å². The van der Waals surface area contributed by atoms with Crippen molar-refractivity contribution < 1.29 is 5.11 Å². The number of thiophene rings is 1. The molecule has 2 aromatic heterocycles. The summed E-state index contributed by atoms with van der Waals surface area (Å²) in [5, 5.41) is 13.1. The summed E-state index contributed by atoms with van der Waals surface area (Å²) in [5.41, 5.74) is 1.22. The van der Waals surface area contributed by atoms with Crippen LogP contribution in [0.2, 0.25) is 0 Å². The van der Waals surface area contributed by atoms with Gasteiger partial charge in [0.15, 0.2) is 0 Å². The molecule has 0 bridgehead atoms. The number of aliphatic hydroxyl groups excluding tert-OH is 1. The van der Waals surface area contributed by atoms with Crippen molar-refractivity contribution in [2.45, 2.75) is 20.8 Å². The van der Waals surface area contributed by atoms with E-state index in [-0.39, 0.29) is 6.61 Å². The van der Waals surface area contributed by atoms with Gasteiger partial charge in [0.2, 0.25) is 0 Å². The normalized spacial score (nSPS) is 11.0. The number of rotatable bonds is 3. The summed E-state index contributed by atoms with van der Waals surface area (Å²) in [6.07, 6.45) is 0. The zero-order valence-electron chi connectivity index (χ0n) is 9.66. The van der Waals surface area contributed by atoms with Crippen LogP contribution in [0.3, 0.4) is 0 Å². The van der Waals surface area contributed by atoms with Gasteiger partial charge in [0, 0.05) is 11.4 Å². The van der Waals surface area contributed by atoms with Crippen LogP contribution in [-0.4, -0.2) is 28.2 Å². The van der Waals surface area contributed by atoms with E-state index in [0.29, 0.717) is 6.54 Å². The fraction of sp³-hybridized carbons (Fsp3) is 0.455. The van der Waals surface area contributed by atoms with Gasteiger partial charge in [0.05, 0.1) is 12.0 Å². The fourth-order valence-corrected chi connectivity index (χ4v) is 2.73. The number of nitrogens with one attached hydrogen (secondary N) is 1. The molecule has 0 aliphatic heterocycles. The van der Waals surface area contributed by atoms with Gasteiger partial charge in [-0.3, -0.25) is 0 Å². The van der Waals surface area contributed by atoms with Crippen molar-refractivity contribution in [3.63, 3.8) is 0 Å². The quantitative estimate of drug-likeness (QED) is 0.857. The van der Waals surface area contributed by atoms with Crippen molar-refractivity contribution in [3.05, 3.63) is 16.3 Å². The average molecular weight is 237 g/mol. The molecule has 0 atom stereocenters. The first-order valence-corrected chi connectivity index (χ1v) is 6.04. The highest BCUT2D eigenvalue weighted by molar-refractivity contribution is 7.18. The smallest absolute Gasteiger partial charge is 0.138 e. The minimum Gasteiger partial charge on any atom is -0.395 e. The van der Waals surface area contributed by atoms with Gasteiger partial charge in [-0.25, -0.2) is 9.97 Å². The second kappa shape index (κ2) is 4.35. The molecule has 0 aliphatic carbocycles. The van der Waals surface area contributed by atoms with E-state index in [2.05, 4.69) is 29.1 Å². The Bertz CT molecular complexity index is 521. The molecule has 0 saturated heterocycles. The maximum Gasteiger partial charge on any atom is 0.138 e. The Morgan fingerprint density at radius 1 is 1.25 bits per heavy atom. The van der Waals surface area contributed by atoms with Crippen LogP contribution in [0.15, 0.2) is 0 Å². The molecule has 0 aromatic carbocycles. The summed E-state index contributed by atoms with van der Waals surface area (Å²) in [4.78, 5) is 11.1. The number of hydrogen-bond donors (Lipinski definition) is 2. The van der Waals surface area contributed by atoms with Gasteiger partial charge in [-0.1, -0.05) is 0 Å². The van der Waals surface area contributed by atoms with E-state index in [0.717, 1.165) is 21.9 Å². The number of aryl methyl sites for hydroxylation is 3. The molecule has 0 saturated carbocycles. The van der Waals surface area contributed by atoms with Crippen molar-refractivity contribution in [1.82, 2.24) is 9.97 Å². The second-order valence-electron chi connectivity index (χ2n) is 3.73. The lowest BCUT2D eigenvalue weighted by Gasteiger charge is -2.06. The third kappa shape index (κ3) is 1.88. The molecule has 0 fully saturated rings. The molecule has 86 valence electrons. The maximum absolute atomic E-state index is 8.84. The van der Waals surface area contributed by atoms with Crippen LogP contribution in [0.4, 0.5) is 5.82 Å². The summed E-state index contributed by atoms with van der Waals surface area (Å²) >= 11 is 1.69. The highest BCUT2D eigenvalue weighted by Gasteiger charge is 2.12. The predicted molar refractivity (Wildman–Crippen MR) is 67.2 cm³/mol. The van der Waals surface area contributed by atoms with Gasteiger partial charge in [-0.2, -0.15) is 0 Å². The van der Waals surface area contributed by atoms with E-state index in [1.165, 1.54) is 10.4 Å². The summed E-state index contributed by atoms with van der Waals surface area (Å²) in [5.74, 6) is 1.59. The number of hydrogen-bond acceptors (Lipinski definition) is 5. The largest absolute Gasteiger partial charge is 0.395 e. The Hall–Kier alpha value is -1.20. The van der Waals surface area contributed by atoms with Crippen LogP contribution < -0.4 is 5.32 Å². The Kier molecular flexibility index (Phi) is 3.07. The van der Waals surface area contributed by atoms with Crippen molar-refractivity contribution in [2.75, 3.05) is 18.5 Å². The lowest BCUT2D eigenvalue weighted by molar-refractivity contribution is 0.311. The highest BCUT2D eigenvalue weighted by Crippen LogP contribution is 2.32. The Balaban J connectivity index is 2.60. The van der Waals surface area contributed by atoms with Gasteiger partial charge in [0.1, 0.15) is 16.5 Å². The first kappa shape index (κ1) is 11.3. The Morgan fingerprint density at radius 2 is 2.00 bits per heavy atom. The number of anilines is 1. The monoisotopic (exact) mass is 237 g/mol. The minimum absolute atomic E-state index is 0.104. The summed E-state index contributed by atoms with van der Waals surface area (Å²) in [7, 11) is 0. The molecule has 2 rings (SSSR count). The molecule has 0 unspecified atom stereocenters. The minimum atomic E-state index is 0.104. The number of fused-ring (bicyclic) bond motifs is 1. The SMILES string of the molecule is Cc1nc(NCCO)c2c(C)c(C)sc2n1. The van der Waals surface area contributed by atoms with Gasteiger partial charge >= 0.3 is 0 Å². The van der Waals surface area contributed by atoms with E-state index in [9.17, 15) is 0 Å². The van der Waals surface area contributed by atoms with E-state index in [1.807, 2.05) is 6.92 Å². The number of aliphatic hydroxyl groups is 1. The summed E-state index contributed by atoms with van der Waals surface area (Å²) in [6.45, 7) is 6.67. The van der Waals surface area contributed by atoms with Gasteiger partial charge in [0.25, 0.3) is 0 Å². The lowest BCUT2D eigenvalue weighted by Crippen LogP contribution is -2.08. The maximum atomic E-state index is 8.84. The van der Waals surface area contributed by atoms with Gasteiger partial charge in [-0.15, -0.1) is 11.3 Å². The predicted octanol–water partition coefficient (Wildman–Crippen LogP) is 2.02. The summed E-state index contributed by atoms with van der Waals surface area (Å²) in [6, 6.07) is 0. The van der Waals surface area contributed by atoms with Crippen molar-refractivity contribution in [3.8, 4) is 0 Å². The van der Waals surface area contributed by atoms with Crippen LogP contribution in [0.5, 0.6) is 0 Å². The first-order chi connectivity index (χ1) is 7.63.